The van der Waals surface area contributed by atoms with E-state index in [-0.39, 0.29) is 5.97 Å². The van der Waals surface area contributed by atoms with Gasteiger partial charge >= 0.3 is 5.97 Å². The number of benzene rings is 1. The molecule has 4 heteroatoms. The molecule has 0 aromatic heterocycles. The zero-order chi connectivity index (χ0) is 10.6. The van der Waals surface area contributed by atoms with Gasteiger partial charge in [0.2, 0.25) is 0 Å². The van der Waals surface area contributed by atoms with Crippen LogP contribution >= 0.6 is 0 Å². The largest absolute Gasteiger partial charge is 0.497 e. The Hall–Kier alpha value is -1.84. The summed E-state index contributed by atoms with van der Waals surface area (Å²) >= 11 is 0. The lowest BCUT2D eigenvalue weighted by atomic mass is 10.1. The van der Waals surface area contributed by atoms with E-state index in [2.05, 4.69) is 0 Å². The minimum Gasteiger partial charge on any atom is -0.497 e. The maximum atomic E-state index is 11.1. The summed E-state index contributed by atoms with van der Waals surface area (Å²) in [5.41, 5.74) is 1.55. The minimum absolute atomic E-state index is 0.260. The molecule has 1 aliphatic heterocycles. The molecule has 0 aliphatic carbocycles. The molecule has 0 bridgehead atoms. The summed E-state index contributed by atoms with van der Waals surface area (Å²) < 4.78 is 9.81. The Balaban J connectivity index is 0.000000461. The van der Waals surface area contributed by atoms with E-state index < -0.39 is 0 Å². The second kappa shape index (κ2) is 4.41. The van der Waals surface area contributed by atoms with Crippen molar-refractivity contribution in [2.24, 2.45) is 0 Å². The van der Waals surface area contributed by atoms with Crippen LogP contribution in [0.25, 0.3) is 0 Å². The molecule has 1 heterocycles. The Bertz CT molecular complexity index is 346. The highest BCUT2D eigenvalue weighted by atomic mass is 16.5. The monoisotopic (exact) mass is 194 g/mol. The predicted octanol–water partition coefficient (Wildman–Crippen LogP) is 1.18. The van der Waals surface area contributed by atoms with Crippen LogP contribution in [-0.2, 0) is 16.1 Å². The fourth-order valence-corrected chi connectivity index (χ4v) is 1.22. The van der Waals surface area contributed by atoms with E-state index in [9.17, 15) is 4.79 Å². The van der Waals surface area contributed by atoms with E-state index in [0.29, 0.717) is 17.9 Å². The van der Waals surface area contributed by atoms with E-state index in [4.69, 9.17) is 14.3 Å². The second-order valence-corrected chi connectivity index (χ2v) is 2.60. The Morgan fingerprint density at radius 3 is 2.79 bits per heavy atom. The average Bonchev–Trinajstić information content (AvgIpc) is 2.63. The molecule has 0 fully saturated rings. The third-order valence-corrected chi connectivity index (χ3v) is 1.90. The molecule has 1 aliphatic rings. The first-order valence-corrected chi connectivity index (χ1v) is 3.94. The molecule has 74 valence electrons. The van der Waals surface area contributed by atoms with Gasteiger partial charge in [-0.1, -0.05) is 6.07 Å². The van der Waals surface area contributed by atoms with Crippen LogP contribution in [0.15, 0.2) is 18.2 Å². The van der Waals surface area contributed by atoms with Crippen molar-refractivity contribution in [2.45, 2.75) is 6.61 Å². The maximum Gasteiger partial charge on any atom is 0.339 e. The van der Waals surface area contributed by atoms with Gasteiger partial charge in [0.1, 0.15) is 19.1 Å². The number of ether oxygens (including phenoxy) is 2. The van der Waals surface area contributed by atoms with Gasteiger partial charge in [0, 0.05) is 5.56 Å². The number of rotatable bonds is 1. The maximum absolute atomic E-state index is 11.1. The van der Waals surface area contributed by atoms with E-state index >= 15 is 0 Å². The normalized spacial score (nSPS) is 12.2. The van der Waals surface area contributed by atoms with Crippen molar-refractivity contribution in [1.82, 2.24) is 0 Å². The summed E-state index contributed by atoms with van der Waals surface area (Å²) in [5, 5.41) is 0. The van der Waals surface area contributed by atoms with E-state index in [1.54, 1.807) is 13.2 Å². The fraction of sp³-hybridized carbons (Fsp3) is 0.200. The van der Waals surface area contributed by atoms with Gasteiger partial charge < -0.3 is 14.3 Å². The molecule has 1 aromatic carbocycles. The molecule has 0 N–H and O–H groups in total. The van der Waals surface area contributed by atoms with Crippen LogP contribution in [0.5, 0.6) is 5.75 Å². The predicted molar refractivity (Wildman–Crippen MR) is 49.2 cm³/mol. The van der Waals surface area contributed by atoms with E-state index in [1.807, 2.05) is 18.9 Å². The van der Waals surface area contributed by atoms with Crippen molar-refractivity contribution in [3.63, 3.8) is 0 Å². The number of esters is 1. The zero-order valence-corrected chi connectivity index (χ0v) is 7.78. The van der Waals surface area contributed by atoms with Crippen LogP contribution in [0.4, 0.5) is 0 Å². The summed E-state index contributed by atoms with van der Waals surface area (Å²) in [6, 6.07) is 5.37. The topological polar surface area (TPSA) is 52.6 Å². The lowest BCUT2D eigenvalue weighted by Crippen LogP contribution is -1.94. The van der Waals surface area contributed by atoms with Gasteiger partial charge in [-0.2, -0.15) is 0 Å². The number of methoxy groups -OCH3 is 1. The molecule has 4 nitrogen and oxygen atoms in total. The molecular formula is C10H10O4. The highest BCUT2D eigenvalue weighted by Crippen LogP contribution is 2.23. The first-order valence-electron chi connectivity index (χ1n) is 3.94. The standard InChI is InChI=1S/C9H8O3.CH2O/c1-11-7-3-2-6-5-12-9(10)8(6)4-7;1-2/h2-4H,5H2,1H3;1H2. The molecule has 1 aromatic rings. The SMILES string of the molecule is C=O.COc1ccc2c(c1)C(=O)OC2. The summed E-state index contributed by atoms with van der Waals surface area (Å²) in [6.45, 7) is 2.39. The molecule has 0 spiro atoms. The van der Waals surface area contributed by atoms with Gasteiger partial charge in [-0.15, -0.1) is 0 Å². The highest BCUT2D eigenvalue weighted by Gasteiger charge is 2.20. The number of carbonyl (C=O) groups is 2. The lowest BCUT2D eigenvalue weighted by molar-refractivity contribution is -0.0980. The van der Waals surface area contributed by atoms with Crippen molar-refractivity contribution in [1.29, 1.82) is 0 Å². The third-order valence-electron chi connectivity index (χ3n) is 1.90. The third kappa shape index (κ3) is 1.74. The van der Waals surface area contributed by atoms with Crippen molar-refractivity contribution in [3.05, 3.63) is 29.3 Å². The molecular weight excluding hydrogens is 184 g/mol. The molecule has 0 atom stereocenters. The molecule has 0 saturated heterocycles. The van der Waals surface area contributed by atoms with E-state index in [0.717, 1.165) is 5.56 Å². The van der Waals surface area contributed by atoms with Crippen LogP contribution < -0.4 is 4.74 Å². The Morgan fingerprint density at radius 1 is 1.43 bits per heavy atom. The summed E-state index contributed by atoms with van der Waals surface area (Å²) in [5.74, 6) is 0.427. The lowest BCUT2D eigenvalue weighted by Gasteiger charge is -1.99. The quantitative estimate of drug-likeness (QED) is 0.630. The van der Waals surface area contributed by atoms with Crippen molar-refractivity contribution < 1.29 is 19.1 Å². The number of hydrogen-bond donors (Lipinski definition) is 0. The second-order valence-electron chi connectivity index (χ2n) is 2.60. The Labute approximate surface area is 81.4 Å². The summed E-state index contributed by atoms with van der Waals surface area (Å²) in [7, 11) is 1.57. The number of carbonyl (C=O) groups excluding carboxylic acids is 2. The van der Waals surface area contributed by atoms with Crippen molar-refractivity contribution in [2.75, 3.05) is 7.11 Å². The van der Waals surface area contributed by atoms with Crippen LogP contribution in [0.3, 0.4) is 0 Å². The van der Waals surface area contributed by atoms with Gasteiger partial charge in [0.05, 0.1) is 12.7 Å². The zero-order valence-electron chi connectivity index (χ0n) is 7.78. The van der Waals surface area contributed by atoms with Crippen LogP contribution in [0.1, 0.15) is 15.9 Å². The van der Waals surface area contributed by atoms with Crippen LogP contribution in [0.2, 0.25) is 0 Å². The first kappa shape index (κ1) is 10.2. The first-order chi connectivity index (χ1) is 6.81. The summed E-state index contributed by atoms with van der Waals surface area (Å²) in [6.07, 6.45) is 0. The van der Waals surface area contributed by atoms with E-state index in [1.165, 1.54) is 0 Å². The van der Waals surface area contributed by atoms with Gasteiger partial charge in [-0.3, -0.25) is 0 Å². The highest BCUT2D eigenvalue weighted by molar-refractivity contribution is 5.93. The van der Waals surface area contributed by atoms with Crippen LogP contribution in [-0.4, -0.2) is 19.9 Å². The summed E-state index contributed by atoms with van der Waals surface area (Å²) in [4.78, 5) is 19.1. The van der Waals surface area contributed by atoms with Crippen molar-refractivity contribution >= 4 is 12.8 Å². The van der Waals surface area contributed by atoms with Gasteiger partial charge in [0.25, 0.3) is 0 Å². The average molecular weight is 194 g/mol. The number of hydrogen-bond acceptors (Lipinski definition) is 4. The fourth-order valence-electron chi connectivity index (χ4n) is 1.22. The molecule has 14 heavy (non-hydrogen) atoms. The molecule has 0 radical (unpaired) electrons. The Morgan fingerprint density at radius 2 is 2.14 bits per heavy atom. The number of cyclic esters (lactones) is 1. The van der Waals surface area contributed by atoms with Gasteiger partial charge in [-0.05, 0) is 12.1 Å². The molecule has 0 saturated carbocycles. The van der Waals surface area contributed by atoms with Crippen LogP contribution in [0, 0.1) is 0 Å². The smallest absolute Gasteiger partial charge is 0.339 e. The van der Waals surface area contributed by atoms with Crippen molar-refractivity contribution in [3.8, 4) is 5.75 Å². The molecule has 0 unspecified atom stereocenters. The van der Waals surface area contributed by atoms with Gasteiger partial charge in [-0.25, -0.2) is 4.79 Å². The Kier molecular flexibility index (Phi) is 3.23. The van der Waals surface area contributed by atoms with Gasteiger partial charge in [0.15, 0.2) is 0 Å². The number of fused-ring (bicyclic) bond motifs is 1. The molecule has 0 amide bonds. The molecule has 2 rings (SSSR count). The minimum atomic E-state index is -0.260.